The molecule has 3 rings (SSSR count). The van der Waals surface area contributed by atoms with Crippen molar-refractivity contribution in [2.45, 2.75) is 38.1 Å². The highest BCUT2D eigenvalue weighted by molar-refractivity contribution is 5.93. The summed E-state index contributed by atoms with van der Waals surface area (Å²) < 4.78 is 0. The molecule has 18 heavy (non-hydrogen) atoms. The summed E-state index contributed by atoms with van der Waals surface area (Å²) in [4.78, 5) is 18.7. The van der Waals surface area contributed by atoms with Crippen molar-refractivity contribution in [3.05, 3.63) is 24.0 Å². The van der Waals surface area contributed by atoms with Gasteiger partial charge in [0.05, 0.1) is 0 Å². The molecule has 2 heterocycles. The smallest absolute Gasteiger partial charge is 0.272 e. The van der Waals surface area contributed by atoms with Gasteiger partial charge in [0, 0.05) is 24.5 Å². The molecule has 2 N–H and O–H groups in total. The van der Waals surface area contributed by atoms with E-state index in [2.05, 4.69) is 4.98 Å². The lowest BCUT2D eigenvalue weighted by atomic mass is 9.91. The van der Waals surface area contributed by atoms with E-state index < -0.39 is 0 Å². The molecule has 96 valence electrons. The van der Waals surface area contributed by atoms with E-state index in [1.165, 1.54) is 19.3 Å². The molecule has 1 amide bonds. The monoisotopic (exact) mass is 245 g/mol. The summed E-state index contributed by atoms with van der Waals surface area (Å²) in [6.45, 7) is 0.872. The third kappa shape index (κ3) is 1.96. The minimum absolute atomic E-state index is 0.0545. The Kier molecular flexibility index (Phi) is 2.94. The van der Waals surface area contributed by atoms with Crippen LogP contribution < -0.4 is 5.73 Å². The molecule has 2 fully saturated rings. The fourth-order valence-electron chi connectivity index (χ4n) is 3.42. The van der Waals surface area contributed by atoms with E-state index in [-0.39, 0.29) is 5.91 Å². The number of nitrogens with zero attached hydrogens (tertiary/aromatic N) is 2. The molecule has 2 unspecified atom stereocenters. The predicted octanol–water partition coefficient (Wildman–Crippen LogP) is 2.07. The summed E-state index contributed by atoms with van der Waals surface area (Å²) in [5.74, 6) is 0.766. The number of rotatable bonds is 1. The number of pyridine rings is 1. The standard InChI is InChI=1S/C14H19N3O/c15-11-6-7-16-12(9-11)14(18)17-8-2-4-10-3-1-5-13(10)17/h6-7,9-10,13H,1-5,8H2,(H2,15,16). The van der Waals surface area contributed by atoms with Crippen molar-refractivity contribution in [2.24, 2.45) is 5.92 Å². The Labute approximate surface area is 107 Å². The van der Waals surface area contributed by atoms with Crippen molar-refractivity contribution in [1.82, 2.24) is 9.88 Å². The molecule has 2 atom stereocenters. The van der Waals surface area contributed by atoms with Crippen molar-refractivity contribution in [3.63, 3.8) is 0 Å². The second-order valence-corrected chi connectivity index (χ2v) is 5.37. The zero-order valence-corrected chi connectivity index (χ0v) is 10.5. The van der Waals surface area contributed by atoms with E-state index in [1.54, 1.807) is 18.3 Å². The Bertz CT molecular complexity index is 460. The van der Waals surface area contributed by atoms with E-state index in [1.807, 2.05) is 4.90 Å². The van der Waals surface area contributed by atoms with Gasteiger partial charge < -0.3 is 10.6 Å². The van der Waals surface area contributed by atoms with Gasteiger partial charge in [-0.3, -0.25) is 9.78 Å². The number of carbonyl (C=O) groups excluding carboxylic acids is 1. The molecular formula is C14H19N3O. The molecule has 1 aromatic rings. The molecule has 0 spiro atoms. The molecule has 1 saturated heterocycles. The quantitative estimate of drug-likeness (QED) is 0.824. The van der Waals surface area contributed by atoms with Crippen LogP contribution in [0.4, 0.5) is 5.69 Å². The molecule has 1 aliphatic carbocycles. The van der Waals surface area contributed by atoms with Crippen LogP contribution >= 0.6 is 0 Å². The number of carbonyl (C=O) groups is 1. The summed E-state index contributed by atoms with van der Waals surface area (Å²) in [5.41, 5.74) is 6.82. The molecule has 1 saturated carbocycles. The maximum atomic E-state index is 12.5. The number of fused-ring (bicyclic) bond motifs is 1. The van der Waals surface area contributed by atoms with Crippen molar-refractivity contribution < 1.29 is 4.79 Å². The van der Waals surface area contributed by atoms with Gasteiger partial charge in [-0.1, -0.05) is 6.42 Å². The number of hydrogen-bond donors (Lipinski definition) is 1. The van der Waals surface area contributed by atoms with E-state index in [4.69, 9.17) is 5.73 Å². The van der Waals surface area contributed by atoms with Crippen LogP contribution in [0.3, 0.4) is 0 Å². The molecule has 0 bridgehead atoms. The van der Waals surface area contributed by atoms with Gasteiger partial charge in [0.2, 0.25) is 0 Å². The molecular weight excluding hydrogens is 226 g/mol. The molecule has 0 radical (unpaired) electrons. The Morgan fingerprint density at radius 1 is 1.33 bits per heavy atom. The van der Waals surface area contributed by atoms with Crippen molar-refractivity contribution in [2.75, 3.05) is 12.3 Å². The summed E-state index contributed by atoms with van der Waals surface area (Å²) in [6, 6.07) is 3.83. The molecule has 4 heteroatoms. The zero-order chi connectivity index (χ0) is 12.5. The first kappa shape index (κ1) is 11.5. The molecule has 1 aliphatic heterocycles. The van der Waals surface area contributed by atoms with Crippen molar-refractivity contribution in [1.29, 1.82) is 0 Å². The van der Waals surface area contributed by atoms with Gasteiger partial charge in [-0.2, -0.15) is 0 Å². The lowest BCUT2D eigenvalue weighted by Gasteiger charge is -2.37. The van der Waals surface area contributed by atoms with Crippen LogP contribution in [-0.4, -0.2) is 28.4 Å². The average Bonchev–Trinajstić information content (AvgIpc) is 2.86. The third-order valence-corrected chi connectivity index (χ3v) is 4.26. The van der Waals surface area contributed by atoms with Gasteiger partial charge in [0.25, 0.3) is 5.91 Å². The first-order chi connectivity index (χ1) is 8.75. The first-order valence-corrected chi connectivity index (χ1v) is 6.78. The Morgan fingerprint density at radius 3 is 3.00 bits per heavy atom. The summed E-state index contributed by atoms with van der Waals surface area (Å²) in [7, 11) is 0. The fourth-order valence-corrected chi connectivity index (χ4v) is 3.42. The molecule has 2 aliphatic rings. The highest BCUT2D eigenvalue weighted by Crippen LogP contribution is 2.37. The van der Waals surface area contributed by atoms with E-state index in [9.17, 15) is 4.79 Å². The van der Waals surface area contributed by atoms with Gasteiger partial charge in [0.15, 0.2) is 0 Å². The average molecular weight is 245 g/mol. The van der Waals surface area contributed by atoms with Crippen LogP contribution in [0.1, 0.15) is 42.6 Å². The Hall–Kier alpha value is -1.58. The van der Waals surface area contributed by atoms with Crippen LogP contribution in [0.2, 0.25) is 0 Å². The lowest BCUT2D eigenvalue weighted by Crippen LogP contribution is -2.46. The SMILES string of the molecule is Nc1ccnc(C(=O)N2CCCC3CCCC32)c1. The van der Waals surface area contributed by atoms with Crippen LogP contribution in [0, 0.1) is 5.92 Å². The Morgan fingerprint density at radius 2 is 2.17 bits per heavy atom. The molecule has 1 aromatic heterocycles. The van der Waals surface area contributed by atoms with Crippen LogP contribution in [0.25, 0.3) is 0 Å². The van der Waals surface area contributed by atoms with Crippen LogP contribution in [0.15, 0.2) is 18.3 Å². The minimum atomic E-state index is 0.0545. The van der Waals surface area contributed by atoms with Gasteiger partial charge in [-0.25, -0.2) is 0 Å². The number of aromatic nitrogens is 1. The minimum Gasteiger partial charge on any atom is -0.399 e. The Balaban J connectivity index is 1.83. The summed E-state index contributed by atoms with van der Waals surface area (Å²) in [6.07, 6.45) is 7.69. The van der Waals surface area contributed by atoms with Crippen molar-refractivity contribution >= 4 is 11.6 Å². The number of nitrogen functional groups attached to an aromatic ring is 1. The second kappa shape index (κ2) is 4.59. The number of nitrogens with two attached hydrogens (primary N) is 1. The van der Waals surface area contributed by atoms with Gasteiger partial charge >= 0.3 is 0 Å². The van der Waals surface area contributed by atoms with Gasteiger partial charge in [-0.05, 0) is 43.7 Å². The number of hydrogen-bond acceptors (Lipinski definition) is 3. The normalized spacial score (nSPS) is 27.0. The summed E-state index contributed by atoms with van der Waals surface area (Å²) >= 11 is 0. The number of anilines is 1. The maximum absolute atomic E-state index is 12.5. The van der Waals surface area contributed by atoms with E-state index >= 15 is 0 Å². The van der Waals surface area contributed by atoms with Gasteiger partial charge in [-0.15, -0.1) is 0 Å². The second-order valence-electron chi connectivity index (χ2n) is 5.37. The number of likely N-dealkylation sites (tertiary alicyclic amines) is 1. The van der Waals surface area contributed by atoms with E-state index in [0.29, 0.717) is 23.3 Å². The highest BCUT2D eigenvalue weighted by atomic mass is 16.2. The maximum Gasteiger partial charge on any atom is 0.272 e. The molecule has 4 nitrogen and oxygen atoms in total. The van der Waals surface area contributed by atoms with Crippen molar-refractivity contribution in [3.8, 4) is 0 Å². The third-order valence-electron chi connectivity index (χ3n) is 4.26. The number of piperidine rings is 1. The largest absolute Gasteiger partial charge is 0.399 e. The zero-order valence-electron chi connectivity index (χ0n) is 10.5. The highest BCUT2D eigenvalue weighted by Gasteiger charge is 2.37. The van der Waals surface area contributed by atoms with Gasteiger partial charge in [0.1, 0.15) is 5.69 Å². The van der Waals surface area contributed by atoms with E-state index in [0.717, 1.165) is 19.4 Å². The van der Waals surface area contributed by atoms with Crippen LogP contribution in [0.5, 0.6) is 0 Å². The van der Waals surface area contributed by atoms with Crippen LogP contribution in [-0.2, 0) is 0 Å². The number of amides is 1. The predicted molar refractivity (Wildman–Crippen MR) is 70.0 cm³/mol. The fraction of sp³-hybridized carbons (Fsp3) is 0.571. The molecule has 0 aromatic carbocycles. The lowest BCUT2D eigenvalue weighted by molar-refractivity contribution is 0.0542. The summed E-state index contributed by atoms with van der Waals surface area (Å²) in [5, 5.41) is 0. The topological polar surface area (TPSA) is 59.2 Å². The first-order valence-electron chi connectivity index (χ1n) is 6.78.